The predicted molar refractivity (Wildman–Crippen MR) is 138 cm³/mol. The second-order valence-corrected chi connectivity index (χ2v) is 8.94. The zero-order valence-corrected chi connectivity index (χ0v) is 20.1. The fourth-order valence-electron chi connectivity index (χ4n) is 3.37. The van der Waals surface area contributed by atoms with E-state index >= 15 is 0 Å². The number of carbonyl (C=O) groups is 3. The van der Waals surface area contributed by atoms with Gasteiger partial charge in [0.15, 0.2) is 5.82 Å². The highest BCUT2D eigenvalue weighted by molar-refractivity contribution is 8.00. The van der Waals surface area contributed by atoms with Crippen LogP contribution in [0.4, 0.5) is 11.4 Å². The minimum atomic E-state index is -0.296. The van der Waals surface area contributed by atoms with Crippen molar-refractivity contribution in [2.75, 3.05) is 16.4 Å². The molecule has 0 aliphatic carbocycles. The number of thioether (sulfide) groups is 1. The van der Waals surface area contributed by atoms with Crippen molar-refractivity contribution in [3.05, 3.63) is 108 Å². The van der Waals surface area contributed by atoms with E-state index in [1.807, 2.05) is 43.3 Å². The van der Waals surface area contributed by atoms with E-state index in [1.165, 1.54) is 11.8 Å². The molecule has 0 saturated carbocycles. The predicted octanol–water partition coefficient (Wildman–Crippen LogP) is 4.94. The number of ketones is 1. The number of amides is 2. The Hall–Kier alpha value is -4.17. The zero-order chi connectivity index (χ0) is 24.8. The third kappa shape index (κ3) is 6.04. The van der Waals surface area contributed by atoms with Crippen LogP contribution in [0.2, 0.25) is 0 Å². The molecule has 2 amide bonds. The van der Waals surface area contributed by atoms with E-state index in [4.69, 9.17) is 0 Å². The maximum Gasteiger partial charge on any atom is 0.256 e. The normalized spacial score (nSPS) is 10.6. The average molecular weight is 485 g/mol. The Morgan fingerprint density at radius 2 is 1.54 bits per heavy atom. The lowest BCUT2D eigenvalue weighted by Crippen LogP contribution is -2.16. The van der Waals surface area contributed by atoms with Crippen molar-refractivity contribution in [2.45, 2.75) is 11.8 Å². The highest BCUT2D eigenvalue weighted by atomic mass is 32.2. The van der Waals surface area contributed by atoms with Gasteiger partial charge >= 0.3 is 0 Å². The Balaban J connectivity index is 1.38. The molecule has 0 fully saturated rings. The molecule has 1 heterocycles. The molecule has 0 radical (unpaired) electrons. The molecule has 0 aliphatic rings. The van der Waals surface area contributed by atoms with Crippen LogP contribution in [0.15, 0.2) is 90.1 Å². The number of anilines is 2. The van der Waals surface area contributed by atoms with Crippen LogP contribution in [0.25, 0.3) is 0 Å². The molecule has 4 rings (SSSR count). The van der Waals surface area contributed by atoms with E-state index in [0.717, 1.165) is 11.3 Å². The summed E-state index contributed by atoms with van der Waals surface area (Å²) in [6.07, 6.45) is 3.28. The fourth-order valence-corrected chi connectivity index (χ4v) is 4.22. The van der Waals surface area contributed by atoms with E-state index in [-0.39, 0.29) is 23.4 Å². The maximum absolute atomic E-state index is 12.9. The van der Waals surface area contributed by atoms with Crippen molar-refractivity contribution in [3.8, 4) is 0 Å². The van der Waals surface area contributed by atoms with Gasteiger partial charge in [-0.1, -0.05) is 29.8 Å². The molecule has 4 aromatic rings. The van der Waals surface area contributed by atoms with Crippen molar-refractivity contribution in [2.24, 2.45) is 7.05 Å². The second kappa shape index (κ2) is 10.8. The molecule has 176 valence electrons. The third-order valence-electron chi connectivity index (χ3n) is 5.26. The molecule has 0 bridgehead atoms. The third-order valence-corrected chi connectivity index (χ3v) is 6.33. The van der Waals surface area contributed by atoms with Gasteiger partial charge in [-0.15, -0.1) is 11.8 Å². The van der Waals surface area contributed by atoms with Crippen LogP contribution in [-0.2, 0) is 11.8 Å². The minimum Gasteiger partial charge on any atom is -0.331 e. The first-order chi connectivity index (χ1) is 16.9. The molecule has 0 spiro atoms. The Morgan fingerprint density at radius 1 is 0.886 bits per heavy atom. The molecule has 0 unspecified atom stereocenters. The molecule has 1 aromatic heterocycles. The maximum atomic E-state index is 12.9. The Bertz CT molecular complexity index is 1360. The van der Waals surface area contributed by atoms with Gasteiger partial charge in [0, 0.05) is 41.3 Å². The van der Waals surface area contributed by atoms with Gasteiger partial charge < -0.3 is 15.2 Å². The van der Waals surface area contributed by atoms with Gasteiger partial charge in [-0.3, -0.25) is 14.4 Å². The number of hydrogen-bond acceptors (Lipinski definition) is 5. The first-order valence-electron chi connectivity index (χ1n) is 10.9. The summed E-state index contributed by atoms with van der Waals surface area (Å²) < 4.78 is 1.66. The van der Waals surface area contributed by atoms with E-state index in [9.17, 15) is 14.4 Å². The van der Waals surface area contributed by atoms with Gasteiger partial charge in [0.1, 0.15) is 0 Å². The Morgan fingerprint density at radius 3 is 2.23 bits per heavy atom. The van der Waals surface area contributed by atoms with Gasteiger partial charge in [-0.2, -0.15) is 0 Å². The van der Waals surface area contributed by atoms with Gasteiger partial charge in [0.2, 0.25) is 11.7 Å². The fraction of sp³-hybridized carbons (Fsp3) is 0.111. The van der Waals surface area contributed by atoms with Crippen LogP contribution in [0.1, 0.15) is 32.1 Å². The molecule has 2 N–H and O–H groups in total. The molecule has 0 atom stereocenters. The number of rotatable bonds is 8. The second-order valence-electron chi connectivity index (χ2n) is 7.92. The monoisotopic (exact) mass is 484 g/mol. The Kier molecular flexibility index (Phi) is 7.42. The number of imidazole rings is 1. The smallest absolute Gasteiger partial charge is 0.256 e. The standard InChI is InChI=1S/C27H24N4O3S/c1-18-7-11-20(12-8-18)29-24(32)17-35-23-6-4-3-5-22(23)27(34)30-21-13-9-19(10-14-21)25(33)26-28-15-16-31(26)2/h3-16H,17H2,1-2H3,(H,29,32)(H,30,34). The van der Waals surface area contributed by atoms with Crippen LogP contribution in [0.3, 0.4) is 0 Å². The number of carbonyl (C=O) groups excluding carboxylic acids is 3. The number of aromatic nitrogens is 2. The van der Waals surface area contributed by atoms with Crippen molar-refractivity contribution >= 4 is 40.7 Å². The quantitative estimate of drug-likeness (QED) is 0.273. The summed E-state index contributed by atoms with van der Waals surface area (Å²) in [4.78, 5) is 42.7. The van der Waals surface area contributed by atoms with E-state index in [1.54, 1.807) is 60.4 Å². The highest BCUT2D eigenvalue weighted by Crippen LogP contribution is 2.24. The van der Waals surface area contributed by atoms with Crippen LogP contribution in [0.5, 0.6) is 0 Å². The van der Waals surface area contributed by atoms with Gasteiger partial charge in [0.05, 0.1) is 11.3 Å². The van der Waals surface area contributed by atoms with Crippen LogP contribution >= 0.6 is 11.8 Å². The lowest BCUT2D eigenvalue weighted by molar-refractivity contribution is -0.113. The van der Waals surface area contributed by atoms with Crippen molar-refractivity contribution in [1.82, 2.24) is 9.55 Å². The summed E-state index contributed by atoms with van der Waals surface area (Å²) in [6, 6.07) is 21.4. The molecule has 7 nitrogen and oxygen atoms in total. The van der Waals surface area contributed by atoms with Gasteiger partial charge in [0.25, 0.3) is 5.91 Å². The minimum absolute atomic E-state index is 0.151. The molecule has 3 aromatic carbocycles. The van der Waals surface area contributed by atoms with E-state index in [0.29, 0.717) is 27.5 Å². The summed E-state index contributed by atoms with van der Waals surface area (Å²) in [5.74, 6) is -0.125. The molecular weight excluding hydrogens is 460 g/mol. The SMILES string of the molecule is Cc1ccc(NC(=O)CSc2ccccc2C(=O)Nc2ccc(C(=O)c3nccn3C)cc2)cc1. The molecule has 35 heavy (non-hydrogen) atoms. The number of hydrogen-bond donors (Lipinski definition) is 2. The van der Waals surface area contributed by atoms with Crippen molar-refractivity contribution in [1.29, 1.82) is 0 Å². The summed E-state index contributed by atoms with van der Waals surface area (Å²) in [5.41, 5.74) is 3.36. The topological polar surface area (TPSA) is 93.1 Å². The molecule has 8 heteroatoms. The van der Waals surface area contributed by atoms with E-state index < -0.39 is 0 Å². The molecule has 0 saturated heterocycles. The first-order valence-corrected chi connectivity index (χ1v) is 11.9. The number of nitrogens with one attached hydrogen (secondary N) is 2. The lowest BCUT2D eigenvalue weighted by Gasteiger charge is -2.11. The van der Waals surface area contributed by atoms with Crippen molar-refractivity contribution in [3.63, 3.8) is 0 Å². The van der Waals surface area contributed by atoms with Gasteiger partial charge in [-0.05, 0) is 55.5 Å². The van der Waals surface area contributed by atoms with Gasteiger partial charge in [-0.25, -0.2) is 4.98 Å². The molecule has 0 aliphatic heterocycles. The zero-order valence-electron chi connectivity index (χ0n) is 19.3. The average Bonchev–Trinajstić information content (AvgIpc) is 3.30. The lowest BCUT2D eigenvalue weighted by atomic mass is 10.1. The molecular formula is C27H24N4O3S. The van der Waals surface area contributed by atoms with Crippen LogP contribution in [-0.4, -0.2) is 32.9 Å². The Labute approximate surface area is 207 Å². The summed E-state index contributed by atoms with van der Waals surface area (Å²) >= 11 is 1.30. The first kappa shape index (κ1) is 24.0. The van der Waals surface area contributed by atoms with Crippen molar-refractivity contribution < 1.29 is 14.4 Å². The van der Waals surface area contributed by atoms with Crippen LogP contribution < -0.4 is 10.6 Å². The summed E-state index contributed by atoms with van der Waals surface area (Å²) in [7, 11) is 1.76. The van der Waals surface area contributed by atoms with Crippen LogP contribution in [0, 0.1) is 6.92 Å². The number of nitrogens with zero attached hydrogens (tertiary/aromatic N) is 2. The summed E-state index contributed by atoms with van der Waals surface area (Å²) in [5, 5.41) is 5.72. The number of aryl methyl sites for hydroxylation is 2. The largest absolute Gasteiger partial charge is 0.331 e. The van der Waals surface area contributed by atoms with E-state index in [2.05, 4.69) is 15.6 Å². The summed E-state index contributed by atoms with van der Waals surface area (Å²) in [6.45, 7) is 1.99. The number of benzene rings is 3. The highest BCUT2D eigenvalue weighted by Gasteiger charge is 2.16.